The van der Waals surface area contributed by atoms with Crippen molar-refractivity contribution in [2.45, 2.75) is 24.3 Å². The minimum Gasteiger partial charge on any atom is -0.469 e. The van der Waals surface area contributed by atoms with Gasteiger partial charge in [0.25, 0.3) is 0 Å². The van der Waals surface area contributed by atoms with E-state index < -0.39 is 28.0 Å². The fourth-order valence-corrected chi connectivity index (χ4v) is 3.90. The molecular formula is C19H20BrNO6S. The number of benzene rings is 2. The van der Waals surface area contributed by atoms with Crippen LogP contribution in [0.4, 0.5) is 0 Å². The molecule has 1 atom stereocenters. The van der Waals surface area contributed by atoms with Gasteiger partial charge in [0.15, 0.2) is 0 Å². The molecule has 2 aromatic carbocycles. The van der Waals surface area contributed by atoms with Crippen molar-refractivity contribution in [3.8, 4) is 0 Å². The molecule has 0 saturated heterocycles. The zero-order chi connectivity index (χ0) is 20.7. The Kier molecular flexibility index (Phi) is 7.73. The lowest BCUT2D eigenvalue weighted by atomic mass is 10.1. The molecule has 28 heavy (non-hydrogen) atoms. The number of nitrogens with one attached hydrogen (secondary N) is 1. The average molecular weight is 470 g/mol. The van der Waals surface area contributed by atoms with Gasteiger partial charge in [-0.15, -0.1) is 0 Å². The SMILES string of the molecule is CCOC(=O)c1ccc(S(=O)(=O)N[C@H](CC(=O)OC)c2ccc(Br)cc2)cc1. The van der Waals surface area contributed by atoms with Gasteiger partial charge in [-0.1, -0.05) is 28.1 Å². The third-order valence-corrected chi connectivity index (χ3v) is 5.86. The van der Waals surface area contributed by atoms with Gasteiger partial charge in [0.1, 0.15) is 0 Å². The Morgan fingerprint density at radius 2 is 1.68 bits per heavy atom. The normalized spacial score (nSPS) is 12.2. The molecule has 0 spiro atoms. The highest BCUT2D eigenvalue weighted by atomic mass is 79.9. The number of carbonyl (C=O) groups excluding carboxylic acids is 2. The first-order chi connectivity index (χ1) is 13.3. The molecule has 2 aromatic rings. The molecule has 0 unspecified atom stereocenters. The largest absolute Gasteiger partial charge is 0.469 e. The van der Waals surface area contributed by atoms with Crippen LogP contribution in [0.3, 0.4) is 0 Å². The van der Waals surface area contributed by atoms with Crippen molar-refractivity contribution < 1.29 is 27.5 Å². The van der Waals surface area contributed by atoms with E-state index in [1.807, 2.05) is 0 Å². The first kappa shape index (κ1) is 22.1. The Bertz CT molecular complexity index is 926. The Hall–Kier alpha value is -2.23. The average Bonchev–Trinajstić information content (AvgIpc) is 2.68. The number of hydrogen-bond acceptors (Lipinski definition) is 6. The highest BCUT2D eigenvalue weighted by Gasteiger charge is 2.24. The standard InChI is InChI=1S/C19H20BrNO6S/c1-3-27-19(23)14-6-10-16(11-7-14)28(24,25)21-17(12-18(22)26-2)13-4-8-15(20)9-5-13/h4-11,17,21H,3,12H2,1-2H3/t17-/m1/s1. The van der Waals surface area contributed by atoms with Crippen LogP contribution >= 0.6 is 15.9 Å². The molecule has 0 aromatic heterocycles. The van der Waals surface area contributed by atoms with E-state index >= 15 is 0 Å². The molecule has 0 fully saturated rings. The summed E-state index contributed by atoms with van der Waals surface area (Å²) in [7, 11) is -2.71. The number of ether oxygens (including phenoxy) is 2. The second kappa shape index (κ2) is 9.81. The number of halogens is 1. The van der Waals surface area contributed by atoms with Crippen LogP contribution in [0.15, 0.2) is 57.9 Å². The molecular weight excluding hydrogens is 450 g/mol. The number of methoxy groups -OCH3 is 1. The van der Waals surface area contributed by atoms with Gasteiger partial charge in [-0.3, -0.25) is 4.79 Å². The molecule has 0 amide bonds. The summed E-state index contributed by atoms with van der Waals surface area (Å²) in [5.41, 5.74) is 0.861. The fraction of sp³-hybridized carbons (Fsp3) is 0.263. The van der Waals surface area contributed by atoms with Crippen LogP contribution in [0.5, 0.6) is 0 Å². The molecule has 0 radical (unpaired) electrons. The van der Waals surface area contributed by atoms with Gasteiger partial charge in [-0.05, 0) is 48.9 Å². The highest BCUT2D eigenvalue weighted by molar-refractivity contribution is 9.10. The van der Waals surface area contributed by atoms with E-state index in [-0.39, 0.29) is 23.5 Å². The summed E-state index contributed by atoms with van der Waals surface area (Å²) in [5.74, 6) is -1.08. The van der Waals surface area contributed by atoms with Crippen LogP contribution in [-0.4, -0.2) is 34.1 Å². The van der Waals surface area contributed by atoms with Gasteiger partial charge < -0.3 is 9.47 Å². The van der Waals surface area contributed by atoms with Crippen LogP contribution < -0.4 is 4.72 Å². The molecule has 0 aliphatic carbocycles. The van der Waals surface area contributed by atoms with E-state index in [2.05, 4.69) is 25.4 Å². The van der Waals surface area contributed by atoms with E-state index in [1.165, 1.54) is 31.4 Å². The Labute approximate surface area is 172 Å². The zero-order valence-corrected chi connectivity index (χ0v) is 17.7. The summed E-state index contributed by atoms with van der Waals surface area (Å²) in [6, 6.07) is 11.5. The Morgan fingerprint density at radius 3 is 2.21 bits per heavy atom. The van der Waals surface area contributed by atoms with Crippen molar-refractivity contribution in [3.05, 3.63) is 64.1 Å². The molecule has 2 rings (SSSR count). The summed E-state index contributed by atoms with van der Waals surface area (Å²) in [5, 5.41) is 0. The van der Waals surface area contributed by atoms with E-state index in [9.17, 15) is 18.0 Å². The molecule has 0 aliphatic rings. The van der Waals surface area contributed by atoms with Crippen molar-refractivity contribution in [1.29, 1.82) is 0 Å². The maximum Gasteiger partial charge on any atom is 0.338 e. The summed E-state index contributed by atoms with van der Waals surface area (Å²) in [6.45, 7) is 1.91. The Balaban J connectivity index is 2.27. The van der Waals surface area contributed by atoms with Crippen molar-refractivity contribution in [2.75, 3.05) is 13.7 Å². The maximum absolute atomic E-state index is 12.8. The van der Waals surface area contributed by atoms with Crippen molar-refractivity contribution >= 4 is 37.9 Å². The lowest BCUT2D eigenvalue weighted by Crippen LogP contribution is -2.30. The predicted molar refractivity (Wildman–Crippen MR) is 106 cm³/mol. The molecule has 7 nitrogen and oxygen atoms in total. The summed E-state index contributed by atoms with van der Waals surface area (Å²) >= 11 is 3.32. The predicted octanol–water partition coefficient (Wildman–Crippen LogP) is 3.21. The monoisotopic (exact) mass is 469 g/mol. The van der Waals surface area contributed by atoms with E-state index in [1.54, 1.807) is 31.2 Å². The van der Waals surface area contributed by atoms with Gasteiger partial charge in [0.2, 0.25) is 10.0 Å². The maximum atomic E-state index is 12.8. The number of hydrogen-bond donors (Lipinski definition) is 1. The van der Waals surface area contributed by atoms with Gasteiger partial charge in [0, 0.05) is 4.47 Å². The first-order valence-electron chi connectivity index (χ1n) is 8.38. The lowest BCUT2D eigenvalue weighted by molar-refractivity contribution is -0.141. The number of carbonyl (C=O) groups is 2. The molecule has 0 saturated carbocycles. The lowest BCUT2D eigenvalue weighted by Gasteiger charge is -2.18. The quantitative estimate of drug-likeness (QED) is 0.595. The second-order valence-electron chi connectivity index (χ2n) is 5.75. The van der Waals surface area contributed by atoms with Crippen molar-refractivity contribution in [1.82, 2.24) is 4.72 Å². The van der Waals surface area contributed by atoms with Crippen LogP contribution in [0.2, 0.25) is 0 Å². The molecule has 0 heterocycles. The fourth-order valence-electron chi connectivity index (χ4n) is 2.41. The number of sulfonamides is 1. The molecule has 0 aliphatic heterocycles. The van der Waals surface area contributed by atoms with Crippen LogP contribution in [0.25, 0.3) is 0 Å². The third-order valence-electron chi connectivity index (χ3n) is 3.84. The molecule has 9 heteroatoms. The minimum atomic E-state index is -3.95. The highest BCUT2D eigenvalue weighted by Crippen LogP contribution is 2.23. The van der Waals surface area contributed by atoms with Crippen molar-refractivity contribution in [2.24, 2.45) is 0 Å². The van der Waals surface area contributed by atoms with Crippen LogP contribution in [0, 0.1) is 0 Å². The smallest absolute Gasteiger partial charge is 0.338 e. The van der Waals surface area contributed by atoms with E-state index in [0.29, 0.717) is 5.56 Å². The van der Waals surface area contributed by atoms with Crippen LogP contribution in [0.1, 0.15) is 35.3 Å². The second-order valence-corrected chi connectivity index (χ2v) is 8.38. The first-order valence-corrected chi connectivity index (χ1v) is 10.7. The zero-order valence-electron chi connectivity index (χ0n) is 15.3. The molecule has 150 valence electrons. The minimum absolute atomic E-state index is 0.0347. The van der Waals surface area contributed by atoms with Gasteiger partial charge in [-0.2, -0.15) is 0 Å². The Morgan fingerprint density at radius 1 is 1.07 bits per heavy atom. The van der Waals surface area contributed by atoms with Gasteiger partial charge in [0.05, 0.1) is 36.6 Å². The summed E-state index contributed by atoms with van der Waals surface area (Å²) in [6.07, 6.45) is -0.168. The number of rotatable bonds is 8. The third kappa shape index (κ3) is 5.88. The molecule has 1 N–H and O–H groups in total. The van der Waals surface area contributed by atoms with E-state index in [4.69, 9.17) is 4.74 Å². The topological polar surface area (TPSA) is 98.8 Å². The molecule has 0 bridgehead atoms. The van der Waals surface area contributed by atoms with Gasteiger partial charge in [-0.25, -0.2) is 17.9 Å². The van der Waals surface area contributed by atoms with Crippen LogP contribution in [-0.2, 0) is 24.3 Å². The number of esters is 2. The van der Waals surface area contributed by atoms with Gasteiger partial charge >= 0.3 is 11.9 Å². The summed E-state index contributed by atoms with van der Waals surface area (Å²) < 4.78 is 38.4. The van der Waals surface area contributed by atoms with E-state index in [0.717, 1.165) is 4.47 Å². The summed E-state index contributed by atoms with van der Waals surface area (Å²) in [4.78, 5) is 23.4. The van der Waals surface area contributed by atoms with Crippen molar-refractivity contribution in [3.63, 3.8) is 0 Å².